The number of aliphatic hydroxyl groups is 5. The van der Waals surface area contributed by atoms with Gasteiger partial charge in [0.15, 0.2) is 34.5 Å². The smallest absolute Gasteiger partial charge is 0.267 e. The van der Waals surface area contributed by atoms with Gasteiger partial charge in [0.25, 0.3) is 5.79 Å². The number of carbonyl (C=O) groups excluding carboxylic acids is 5. The number of ether oxygens (including phenoxy) is 1. The zero-order chi connectivity index (χ0) is 21.7. The minimum absolute atomic E-state index is 0.560. The van der Waals surface area contributed by atoms with Gasteiger partial charge >= 0.3 is 0 Å². The Labute approximate surface area is 153 Å². The van der Waals surface area contributed by atoms with Crippen molar-refractivity contribution >= 4 is 28.9 Å². The number of rotatable bonds is 6. The lowest BCUT2D eigenvalue weighted by Gasteiger charge is -2.60. The minimum Gasteiger partial charge on any atom is -0.382 e. The highest BCUT2D eigenvalue weighted by Gasteiger charge is 2.84. The molecule has 0 aromatic heterocycles. The number of hydrogen-bond acceptors (Lipinski definition) is 11. The maximum Gasteiger partial charge on any atom is 0.267 e. The number of hydrogen-bond donors (Lipinski definition) is 5. The van der Waals surface area contributed by atoms with Gasteiger partial charge in [-0.1, -0.05) is 0 Å². The molecule has 1 saturated heterocycles. The lowest BCUT2D eigenvalue weighted by Crippen LogP contribution is -2.91. The Morgan fingerprint density at radius 3 is 1.41 bits per heavy atom. The topological polar surface area (TPSA) is 196 Å². The van der Waals surface area contributed by atoms with Crippen molar-refractivity contribution in [3.05, 3.63) is 0 Å². The molecule has 0 radical (unpaired) electrons. The predicted molar refractivity (Wildman–Crippen MR) is 84.1 cm³/mol. The fourth-order valence-electron chi connectivity index (χ4n) is 3.40. The third-order valence-electron chi connectivity index (χ3n) is 5.01. The molecule has 0 saturated carbocycles. The number of ketones is 5. The van der Waals surface area contributed by atoms with E-state index in [0.717, 1.165) is 6.92 Å². The molecule has 1 aliphatic rings. The fourth-order valence-corrected chi connectivity index (χ4v) is 3.40. The van der Waals surface area contributed by atoms with Crippen LogP contribution in [0, 0.1) is 0 Å². The van der Waals surface area contributed by atoms with Crippen LogP contribution < -0.4 is 0 Å². The third kappa shape index (κ3) is 2.54. The molecular formula is C16H22O11. The van der Waals surface area contributed by atoms with E-state index in [0.29, 0.717) is 27.7 Å². The Bertz CT molecular complexity index is 730. The summed E-state index contributed by atoms with van der Waals surface area (Å²) >= 11 is 0. The van der Waals surface area contributed by atoms with Crippen molar-refractivity contribution < 1.29 is 54.2 Å². The van der Waals surface area contributed by atoms with E-state index < -0.39 is 63.7 Å². The molecule has 0 aromatic rings. The molecule has 0 amide bonds. The van der Waals surface area contributed by atoms with Crippen molar-refractivity contribution in [1.82, 2.24) is 0 Å². The highest BCUT2D eigenvalue weighted by atomic mass is 16.7. The molecule has 1 unspecified atom stereocenters. The first-order valence-corrected chi connectivity index (χ1v) is 7.77. The largest absolute Gasteiger partial charge is 0.382 e. The number of carbonyl (C=O) groups is 5. The first-order valence-electron chi connectivity index (χ1n) is 7.77. The Balaban J connectivity index is 4.15. The highest BCUT2D eigenvalue weighted by molar-refractivity contribution is 6.09. The zero-order valence-corrected chi connectivity index (χ0v) is 15.3. The Hall–Kier alpha value is -1.89. The molecule has 0 aliphatic carbocycles. The van der Waals surface area contributed by atoms with Crippen LogP contribution in [0.1, 0.15) is 34.6 Å². The molecule has 1 rings (SSSR count). The average molecular weight is 390 g/mol. The standard InChI is InChI=1S/C16H22O11/c1-6(17)11(22)12-13(23,7(2)18)14(24,8(3)19)15(25,9(4)20)16(26,27-12)10(5)21/h11-12,22-26H,1-5H3/t11?,12-,13+,14+,15-,16-/m1/s1. The molecule has 27 heavy (non-hydrogen) atoms. The fraction of sp³-hybridized carbons (Fsp3) is 0.688. The van der Waals surface area contributed by atoms with Crippen LogP contribution in [0.25, 0.3) is 0 Å². The molecule has 1 fully saturated rings. The van der Waals surface area contributed by atoms with Gasteiger partial charge in [0.05, 0.1) is 0 Å². The summed E-state index contributed by atoms with van der Waals surface area (Å²) in [5.74, 6) is -11.0. The van der Waals surface area contributed by atoms with Crippen LogP contribution in [-0.4, -0.2) is 89.2 Å². The van der Waals surface area contributed by atoms with Crippen LogP contribution in [-0.2, 0) is 28.7 Å². The van der Waals surface area contributed by atoms with Gasteiger partial charge in [0.1, 0.15) is 12.2 Å². The molecule has 1 aliphatic heterocycles. The van der Waals surface area contributed by atoms with Gasteiger partial charge in [-0.3, -0.25) is 24.0 Å². The normalized spacial score (nSPS) is 40.1. The van der Waals surface area contributed by atoms with Gasteiger partial charge in [-0.2, -0.15) is 0 Å². The summed E-state index contributed by atoms with van der Waals surface area (Å²) in [6.07, 6.45) is -5.00. The van der Waals surface area contributed by atoms with Gasteiger partial charge in [0.2, 0.25) is 11.2 Å². The van der Waals surface area contributed by atoms with E-state index in [2.05, 4.69) is 0 Å². The summed E-state index contributed by atoms with van der Waals surface area (Å²) in [6, 6.07) is 0. The van der Waals surface area contributed by atoms with Crippen molar-refractivity contribution in [1.29, 1.82) is 0 Å². The number of aliphatic hydroxyl groups excluding tert-OH is 1. The highest BCUT2D eigenvalue weighted by Crippen LogP contribution is 2.51. The number of Topliss-reactive ketones (excluding diaryl/α,β-unsaturated/α-hetero) is 5. The van der Waals surface area contributed by atoms with E-state index in [9.17, 15) is 49.5 Å². The summed E-state index contributed by atoms with van der Waals surface area (Å²) in [5, 5.41) is 53.5. The quantitative estimate of drug-likeness (QED) is 0.303. The van der Waals surface area contributed by atoms with E-state index >= 15 is 0 Å². The first kappa shape index (κ1) is 23.1. The van der Waals surface area contributed by atoms with E-state index in [-0.39, 0.29) is 0 Å². The summed E-state index contributed by atoms with van der Waals surface area (Å²) in [7, 11) is 0. The molecule has 0 spiro atoms. The summed E-state index contributed by atoms with van der Waals surface area (Å²) in [4.78, 5) is 60.3. The Kier molecular flexibility index (Phi) is 5.67. The first-order chi connectivity index (χ1) is 12.0. The second kappa shape index (κ2) is 6.62. The summed E-state index contributed by atoms with van der Waals surface area (Å²) < 4.78 is 4.84. The van der Waals surface area contributed by atoms with Crippen LogP contribution in [0.4, 0.5) is 0 Å². The van der Waals surface area contributed by atoms with Crippen LogP contribution in [0.3, 0.4) is 0 Å². The van der Waals surface area contributed by atoms with Crippen LogP contribution in [0.2, 0.25) is 0 Å². The van der Waals surface area contributed by atoms with Crippen molar-refractivity contribution in [3.63, 3.8) is 0 Å². The van der Waals surface area contributed by atoms with Crippen molar-refractivity contribution in [2.75, 3.05) is 0 Å². The lowest BCUT2D eigenvalue weighted by atomic mass is 9.57. The van der Waals surface area contributed by atoms with E-state index in [1.165, 1.54) is 0 Å². The molecule has 11 heteroatoms. The van der Waals surface area contributed by atoms with Gasteiger partial charge in [-0.25, -0.2) is 0 Å². The van der Waals surface area contributed by atoms with Gasteiger partial charge in [0, 0.05) is 6.92 Å². The molecule has 11 nitrogen and oxygen atoms in total. The zero-order valence-electron chi connectivity index (χ0n) is 15.3. The van der Waals surface area contributed by atoms with Crippen molar-refractivity contribution in [2.45, 2.75) is 69.4 Å². The third-order valence-corrected chi connectivity index (χ3v) is 5.01. The molecule has 0 bridgehead atoms. The maximum absolute atomic E-state index is 12.3. The van der Waals surface area contributed by atoms with Crippen molar-refractivity contribution in [3.8, 4) is 0 Å². The average Bonchev–Trinajstić information content (AvgIpc) is 2.54. The van der Waals surface area contributed by atoms with Gasteiger partial charge in [-0.15, -0.1) is 0 Å². The molecular weight excluding hydrogens is 368 g/mol. The Morgan fingerprint density at radius 1 is 0.741 bits per heavy atom. The summed E-state index contributed by atoms with van der Waals surface area (Å²) in [5.41, 5.74) is -11.3. The van der Waals surface area contributed by atoms with E-state index in [1.54, 1.807) is 0 Å². The molecule has 5 N–H and O–H groups in total. The second-order valence-corrected chi connectivity index (χ2v) is 6.65. The maximum atomic E-state index is 12.3. The molecule has 6 atom stereocenters. The molecule has 1 heterocycles. The second-order valence-electron chi connectivity index (χ2n) is 6.65. The van der Waals surface area contributed by atoms with Crippen LogP contribution in [0.15, 0.2) is 0 Å². The predicted octanol–water partition coefficient (Wildman–Crippen LogP) is -3.43. The SMILES string of the molecule is CC(=O)C(O)[C@H]1O[C@](O)(C(C)=O)[C@@](O)(C(C)=O)[C@](O)(C(C)=O)[C@]1(O)C(C)=O. The van der Waals surface area contributed by atoms with E-state index in [4.69, 9.17) is 4.74 Å². The Morgan fingerprint density at radius 2 is 1.15 bits per heavy atom. The molecule has 152 valence electrons. The molecule has 0 aromatic carbocycles. The lowest BCUT2D eigenvalue weighted by molar-refractivity contribution is -0.394. The summed E-state index contributed by atoms with van der Waals surface area (Å²) in [6.45, 7) is 3.15. The van der Waals surface area contributed by atoms with Crippen LogP contribution in [0.5, 0.6) is 0 Å². The van der Waals surface area contributed by atoms with Gasteiger partial charge < -0.3 is 30.3 Å². The monoisotopic (exact) mass is 390 g/mol. The van der Waals surface area contributed by atoms with Crippen molar-refractivity contribution in [2.24, 2.45) is 0 Å². The minimum atomic E-state index is -3.85. The van der Waals surface area contributed by atoms with E-state index in [1.807, 2.05) is 0 Å². The van der Waals surface area contributed by atoms with Crippen LogP contribution >= 0.6 is 0 Å². The van der Waals surface area contributed by atoms with Gasteiger partial charge in [-0.05, 0) is 27.7 Å².